The third-order valence-corrected chi connectivity index (χ3v) is 6.06. The molecule has 8 nitrogen and oxygen atoms in total. The molecule has 0 aromatic carbocycles. The molecule has 0 amide bonds. The van der Waals surface area contributed by atoms with Gasteiger partial charge in [0.25, 0.3) is 5.56 Å². The first-order valence-electron chi connectivity index (χ1n) is 10.7. The van der Waals surface area contributed by atoms with Crippen molar-refractivity contribution in [2.24, 2.45) is 0 Å². The third-order valence-electron chi connectivity index (χ3n) is 5.85. The molecule has 9 heteroatoms. The molecule has 1 aliphatic heterocycles. The van der Waals surface area contributed by atoms with Gasteiger partial charge in [0.05, 0.1) is 17.3 Å². The Hall–Kier alpha value is -3.13. The zero-order chi connectivity index (χ0) is 23.0. The van der Waals surface area contributed by atoms with E-state index >= 15 is 0 Å². The van der Waals surface area contributed by atoms with Gasteiger partial charge in [0, 0.05) is 24.8 Å². The fourth-order valence-corrected chi connectivity index (χ4v) is 4.39. The number of nitrogens with one attached hydrogen (secondary N) is 1. The maximum Gasteiger partial charge on any atom is 0.356 e. The van der Waals surface area contributed by atoms with Crippen LogP contribution in [-0.2, 0) is 0 Å². The van der Waals surface area contributed by atoms with E-state index in [2.05, 4.69) is 15.2 Å². The molecule has 0 spiro atoms. The Balaban J connectivity index is 1.82. The van der Waals surface area contributed by atoms with Gasteiger partial charge in [-0.2, -0.15) is 0 Å². The van der Waals surface area contributed by atoms with Crippen LogP contribution in [0.4, 0.5) is 11.5 Å². The molecule has 4 heterocycles. The molecular weight excluding hydrogens is 430 g/mol. The number of aryl methyl sites for hydroxylation is 1. The number of hydrogen-bond acceptors (Lipinski definition) is 6. The van der Waals surface area contributed by atoms with Crippen molar-refractivity contribution in [3.8, 4) is 0 Å². The summed E-state index contributed by atoms with van der Waals surface area (Å²) < 4.78 is 1.59. The lowest BCUT2D eigenvalue weighted by Gasteiger charge is -2.29. The average Bonchev–Trinajstić information content (AvgIpc) is 2.77. The molecule has 1 saturated heterocycles. The maximum absolute atomic E-state index is 13.2. The van der Waals surface area contributed by atoms with Crippen molar-refractivity contribution >= 4 is 34.7 Å². The fraction of sp³-hybridized carbons (Fsp3) is 0.391. The summed E-state index contributed by atoms with van der Waals surface area (Å²) in [5, 5.41) is 12.8. The van der Waals surface area contributed by atoms with E-state index in [1.165, 1.54) is 12.5 Å². The molecule has 0 bridgehead atoms. The van der Waals surface area contributed by atoms with Gasteiger partial charge in [-0.3, -0.25) is 9.20 Å². The van der Waals surface area contributed by atoms with Crippen LogP contribution >= 0.6 is 11.6 Å². The number of carbonyl (C=O) groups is 1. The summed E-state index contributed by atoms with van der Waals surface area (Å²) in [6.07, 6.45) is 5.15. The molecule has 4 rings (SSSR count). The van der Waals surface area contributed by atoms with Crippen molar-refractivity contribution in [1.82, 2.24) is 14.4 Å². The topological polar surface area (TPSA) is 99.8 Å². The number of anilines is 2. The van der Waals surface area contributed by atoms with Gasteiger partial charge in [-0.25, -0.2) is 14.8 Å². The second kappa shape index (κ2) is 8.78. The van der Waals surface area contributed by atoms with E-state index in [1.807, 2.05) is 26.8 Å². The van der Waals surface area contributed by atoms with E-state index in [9.17, 15) is 14.7 Å². The number of carboxylic acid groups (broad SMARTS) is 1. The third kappa shape index (κ3) is 4.14. The van der Waals surface area contributed by atoms with Crippen LogP contribution in [0.1, 0.15) is 59.4 Å². The summed E-state index contributed by atoms with van der Waals surface area (Å²) in [4.78, 5) is 35.9. The van der Waals surface area contributed by atoms with Crippen LogP contribution in [0.15, 0.2) is 29.2 Å². The molecule has 1 fully saturated rings. The number of aromatic nitrogens is 3. The van der Waals surface area contributed by atoms with Crippen molar-refractivity contribution in [1.29, 1.82) is 0 Å². The monoisotopic (exact) mass is 455 g/mol. The minimum Gasteiger partial charge on any atom is -0.476 e. The molecular formula is C23H26ClN5O3. The molecule has 1 aliphatic rings. The van der Waals surface area contributed by atoms with Crippen LogP contribution in [0.25, 0.3) is 5.65 Å². The minimum atomic E-state index is -1.17. The Kier molecular flexibility index (Phi) is 6.06. The van der Waals surface area contributed by atoms with E-state index in [4.69, 9.17) is 16.6 Å². The fourth-order valence-electron chi connectivity index (χ4n) is 4.24. The standard InChI is InChI=1S/C23H26ClN5O3/c1-13-11-16(15(3)25-17-7-8-18(24)26-19(17)23(31)32)21-27-20(28-9-5-4-6-10-28)14(2)22(30)29(21)12-13/h7-8,11-12,15,25H,4-6,9-10H2,1-3H3,(H,31,32). The lowest BCUT2D eigenvalue weighted by atomic mass is 10.1. The molecule has 1 atom stereocenters. The first-order chi connectivity index (χ1) is 15.3. The van der Waals surface area contributed by atoms with Crippen LogP contribution in [-0.4, -0.2) is 38.5 Å². The Morgan fingerprint density at radius 3 is 2.59 bits per heavy atom. The molecule has 0 aliphatic carbocycles. The number of carboxylic acids is 1. The number of nitrogens with zero attached hydrogens (tertiary/aromatic N) is 4. The molecule has 0 radical (unpaired) electrons. The first-order valence-corrected chi connectivity index (χ1v) is 11.1. The van der Waals surface area contributed by atoms with Gasteiger partial charge in [0.15, 0.2) is 5.69 Å². The van der Waals surface area contributed by atoms with Crippen LogP contribution in [0.5, 0.6) is 0 Å². The normalized spacial score (nSPS) is 15.1. The number of aromatic carboxylic acids is 1. The molecule has 1 unspecified atom stereocenters. The van der Waals surface area contributed by atoms with Crippen molar-refractivity contribution < 1.29 is 9.90 Å². The van der Waals surface area contributed by atoms with E-state index in [-0.39, 0.29) is 22.4 Å². The van der Waals surface area contributed by atoms with Crippen molar-refractivity contribution in [3.05, 3.63) is 62.3 Å². The van der Waals surface area contributed by atoms with Crippen molar-refractivity contribution in [3.63, 3.8) is 0 Å². The Bertz CT molecular complexity index is 1250. The van der Waals surface area contributed by atoms with Crippen molar-refractivity contribution in [2.45, 2.75) is 46.1 Å². The smallest absolute Gasteiger partial charge is 0.356 e. The quantitative estimate of drug-likeness (QED) is 0.555. The number of pyridine rings is 2. The minimum absolute atomic E-state index is 0.0906. The number of rotatable bonds is 5. The zero-order valence-electron chi connectivity index (χ0n) is 18.4. The predicted molar refractivity (Wildman–Crippen MR) is 125 cm³/mol. The predicted octanol–water partition coefficient (Wildman–Crippen LogP) is 4.22. The lowest BCUT2D eigenvalue weighted by molar-refractivity contribution is 0.0691. The largest absolute Gasteiger partial charge is 0.476 e. The highest BCUT2D eigenvalue weighted by molar-refractivity contribution is 6.29. The van der Waals surface area contributed by atoms with Crippen LogP contribution < -0.4 is 15.8 Å². The summed E-state index contributed by atoms with van der Waals surface area (Å²) >= 11 is 5.88. The first kappa shape index (κ1) is 22.1. The highest BCUT2D eigenvalue weighted by Crippen LogP contribution is 2.28. The van der Waals surface area contributed by atoms with Crippen LogP contribution in [0, 0.1) is 13.8 Å². The van der Waals surface area contributed by atoms with E-state index in [0.717, 1.165) is 42.9 Å². The molecule has 3 aromatic rings. The van der Waals surface area contributed by atoms with Gasteiger partial charge in [0.1, 0.15) is 16.6 Å². The summed E-state index contributed by atoms with van der Waals surface area (Å²) in [7, 11) is 0. The maximum atomic E-state index is 13.2. The second-order valence-electron chi connectivity index (χ2n) is 8.28. The summed E-state index contributed by atoms with van der Waals surface area (Å²) in [5.41, 5.74) is 3.00. The highest BCUT2D eigenvalue weighted by atomic mass is 35.5. The summed E-state index contributed by atoms with van der Waals surface area (Å²) in [5.74, 6) is -0.444. The van der Waals surface area contributed by atoms with Crippen molar-refractivity contribution in [2.75, 3.05) is 23.3 Å². The summed E-state index contributed by atoms with van der Waals surface area (Å²) in [6.45, 7) is 7.42. The number of piperidine rings is 1. The number of halogens is 1. The SMILES string of the molecule is Cc1cc(C(C)Nc2ccc(Cl)nc2C(=O)O)c2nc(N3CCCCC3)c(C)c(=O)n2c1. The highest BCUT2D eigenvalue weighted by Gasteiger charge is 2.22. The molecule has 3 aromatic heterocycles. The Morgan fingerprint density at radius 1 is 1.19 bits per heavy atom. The van der Waals surface area contributed by atoms with Crippen LogP contribution in [0.3, 0.4) is 0 Å². The molecule has 168 valence electrons. The zero-order valence-corrected chi connectivity index (χ0v) is 19.1. The van der Waals surface area contributed by atoms with Gasteiger partial charge in [-0.15, -0.1) is 0 Å². The van der Waals surface area contributed by atoms with E-state index < -0.39 is 5.97 Å². The van der Waals surface area contributed by atoms with Gasteiger partial charge in [-0.05, 0) is 63.8 Å². The Labute approximate surface area is 190 Å². The molecule has 2 N–H and O–H groups in total. The second-order valence-corrected chi connectivity index (χ2v) is 8.67. The number of hydrogen-bond donors (Lipinski definition) is 2. The number of fused-ring (bicyclic) bond motifs is 1. The summed E-state index contributed by atoms with van der Waals surface area (Å²) in [6, 6.07) is 4.77. The Morgan fingerprint density at radius 2 is 1.91 bits per heavy atom. The molecule has 32 heavy (non-hydrogen) atoms. The van der Waals surface area contributed by atoms with Gasteiger partial charge >= 0.3 is 5.97 Å². The van der Waals surface area contributed by atoms with Crippen LogP contribution in [0.2, 0.25) is 5.15 Å². The van der Waals surface area contributed by atoms with Gasteiger partial charge in [-0.1, -0.05) is 11.6 Å². The van der Waals surface area contributed by atoms with E-state index in [0.29, 0.717) is 16.9 Å². The average molecular weight is 456 g/mol. The van der Waals surface area contributed by atoms with Gasteiger partial charge < -0.3 is 15.3 Å². The van der Waals surface area contributed by atoms with E-state index in [1.54, 1.807) is 16.7 Å². The molecule has 0 saturated carbocycles. The lowest BCUT2D eigenvalue weighted by Crippen LogP contribution is -2.34. The van der Waals surface area contributed by atoms with Gasteiger partial charge in [0.2, 0.25) is 0 Å².